The monoisotopic (exact) mass is 579 g/mol. The third-order valence-electron chi connectivity index (χ3n) is 4.81. The van der Waals surface area contributed by atoms with Crippen molar-refractivity contribution in [3.63, 3.8) is 0 Å². The Hall–Kier alpha value is -3.00. The molecule has 0 amide bonds. The summed E-state index contributed by atoms with van der Waals surface area (Å²) >= 11 is 1.28. The number of nitrogens with zero attached hydrogens (tertiary/aromatic N) is 5. The lowest BCUT2D eigenvalue weighted by molar-refractivity contribution is 0.112. The van der Waals surface area contributed by atoms with Crippen molar-refractivity contribution in [2.24, 2.45) is 0 Å². The van der Waals surface area contributed by atoms with Crippen LogP contribution >= 0.6 is 11.3 Å². The zero-order valence-corrected chi connectivity index (χ0v) is 25.5. The number of hydrogen-bond acceptors (Lipinski definition) is 11. The molecule has 1 saturated carbocycles. The molecule has 39 heavy (non-hydrogen) atoms. The Balaban J connectivity index is 0.000000316. The standard InChI is InChI=1S/C10H15N3O2S.C10H9N3O2S.C4H11N.C2H6/c1-11-7-9-6-8(4-5-12-9)13-16(14,15)10-2-3-10;1-2-15-9-5-11-3-7(13-9)8-4-12-10(6-14)16-8;1-4-5(2)3;1-2/h4-6,10-11H,2-3,7H2,1H3,(H,12,13);3-6H,2H2,1H3;4H2,1-3H3;1-2H3. The molecule has 0 atom stereocenters. The van der Waals surface area contributed by atoms with Gasteiger partial charge in [-0.3, -0.25) is 19.5 Å². The maximum Gasteiger partial charge on any atom is 0.235 e. The molecule has 0 bridgehead atoms. The number of anilines is 1. The molecule has 3 heterocycles. The quantitative estimate of drug-likeness (QED) is 0.337. The number of carbonyl (C=O) groups excluding carboxylic acids is 1. The Morgan fingerprint density at radius 2 is 1.85 bits per heavy atom. The molecule has 0 saturated heterocycles. The minimum absolute atomic E-state index is 0.201. The largest absolute Gasteiger partial charge is 0.477 e. The number of carbonyl (C=O) groups is 1. The lowest BCUT2D eigenvalue weighted by Crippen LogP contribution is -2.17. The Bertz CT molecular complexity index is 1220. The predicted octanol–water partition coefficient (Wildman–Crippen LogP) is 4.11. The number of pyridine rings is 1. The Morgan fingerprint density at radius 3 is 2.38 bits per heavy atom. The second-order valence-electron chi connectivity index (χ2n) is 8.16. The third-order valence-corrected chi connectivity index (χ3v) is 7.63. The Morgan fingerprint density at radius 1 is 1.15 bits per heavy atom. The maximum absolute atomic E-state index is 11.7. The van der Waals surface area contributed by atoms with Crippen LogP contribution in [-0.2, 0) is 16.6 Å². The zero-order valence-electron chi connectivity index (χ0n) is 23.8. The van der Waals surface area contributed by atoms with Gasteiger partial charge in [-0.2, -0.15) is 0 Å². The van der Waals surface area contributed by atoms with Gasteiger partial charge in [-0.15, -0.1) is 11.3 Å². The van der Waals surface area contributed by atoms with E-state index in [1.165, 1.54) is 11.3 Å². The number of nitrogens with one attached hydrogen (secondary N) is 2. The predicted molar refractivity (Wildman–Crippen MR) is 158 cm³/mol. The highest BCUT2D eigenvalue weighted by Gasteiger charge is 2.35. The number of aldehydes is 1. The summed E-state index contributed by atoms with van der Waals surface area (Å²) in [7, 11) is 2.76. The molecule has 0 radical (unpaired) electrons. The minimum Gasteiger partial charge on any atom is -0.477 e. The van der Waals surface area contributed by atoms with Crippen molar-refractivity contribution in [3.8, 4) is 16.5 Å². The van der Waals surface area contributed by atoms with Crippen LogP contribution in [0.1, 0.15) is 56.0 Å². The topological polar surface area (TPSA) is 139 Å². The van der Waals surface area contributed by atoms with Gasteiger partial charge < -0.3 is 15.0 Å². The summed E-state index contributed by atoms with van der Waals surface area (Å²) in [6.45, 7) is 10.3. The third kappa shape index (κ3) is 13.1. The van der Waals surface area contributed by atoms with Gasteiger partial charge >= 0.3 is 0 Å². The fourth-order valence-electron chi connectivity index (χ4n) is 2.59. The van der Waals surface area contributed by atoms with Crippen molar-refractivity contribution in [1.29, 1.82) is 0 Å². The van der Waals surface area contributed by atoms with Crippen molar-refractivity contribution in [2.75, 3.05) is 39.0 Å². The average Bonchev–Trinajstić information content (AvgIpc) is 3.70. The van der Waals surface area contributed by atoms with E-state index in [1.54, 1.807) is 36.9 Å². The van der Waals surface area contributed by atoms with Crippen LogP contribution in [0.2, 0.25) is 0 Å². The first-order valence-corrected chi connectivity index (χ1v) is 15.2. The van der Waals surface area contributed by atoms with Crippen LogP contribution in [0.15, 0.2) is 36.9 Å². The van der Waals surface area contributed by atoms with Gasteiger partial charge in [0.05, 0.1) is 40.5 Å². The molecule has 1 aliphatic carbocycles. The molecule has 4 rings (SSSR count). The molecular formula is C26H41N7O4S2. The van der Waals surface area contributed by atoms with Crippen LogP contribution in [0, 0.1) is 0 Å². The second-order valence-corrected chi connectivity index (χ2v) is 11.2. The summed E-state index contributed by atoms with van der Waals surface area (Å²) in [5.41, 5.74) is 2.07. The van der Waals surface area contributed by atoms with Gasteiger partial charge in [0.15, 0.2) is 11.3 Å². The highest BCUT2D eigenvalue weighted by atomic mass is 32.2. The molecule has 216 valence electrons. The average molecular weight is 580 g/mol. The number of ether oxygens (including phenoxy) is 1. The smallest absolute Gasteiger partial charge is 0.235 e. The molecule has 13 heteroatoms. The first-order valence-electron chi connectivity index (χ1n) is 12.8. The van der Waals surface area contributed by atoms with E-state index in [4.69, 9.17) is 4.74 Å². The number of sulfonamides is 1. The summed E-state index contributed by atoms with van der Waals surface area (Å²) in [6.07, 6.45) is 8.63. The van der Waals surface area contributed by atoms with Gasteiger partial charge in [0.2, 0.25) is 15.9 Å². The normalized spacial score (nSPS) is 12.1. The molecular weight excluding hydrogens is 538 g/mol. The van der Waals surface area contributed by atoms with E-state index in [1.807, 2.05) is 27.8 Å². The van der Waals surface area contributed by atoms with E-state index < -0.39 is 10.0 Å². The van der Waals surface area contributed by atoms with Crippen molar-refractivity contribution in [3.05, 3.63) is 47.6 Å². The van der Waals surface area contributed by atoms with Crippen molar-refractivity contribution in [1.82, 2.24) is 30.2 Å². The van der Waals surface area contributed by atoms with Crippen LogP contribution in [-0.4, -0.2) is 79.1 Å². The Labute approximate surface area is 236 Å². The highest BCUT2D eigenvalue weighted by Crippen LogP contribution is 2.29. The van der Waals surface area contributed by atoms with E-state index in [0.717, 1.165) is 30.0 Å². The van der Waals surface area contributed by atoms with E-state index in [0.29, 0.717) is 41.7 Å². The van der Waals surface area contributed by atoms with Gasteiger partial charge in [0.25, 0.3) is 0 Å². The number of hydrogen-bond donors (Lipinski definition) is 2. The maximum atomic E-state index is 11.7. The second kappa shape index (κ2) is 18.3. The number of thiazole rings is 1. The first-order chi connectivity index (χ1) is 18.7. The summed E-state index contributed by atoms with van der Waals surface area (Å²) in [5.74, 6) is 0.473. The van der Waals surface area contributed by atoms with Crippen LogP contribution in [0.3, 0.4) is 0 Å². The van der Waals surface area contributed by atoms with Gasteiger partial charge in [-0.05, 0) is 59.6 Å². The van der Waals surface area contributed by atoms with Crippen molar-refractivity contribution >= 4 is 33.3 Å². The van der Waals surface area contributed by atoms with Crippen molar-refractivity contribution in [2.45, 2.75) is 52.3 Å². The molecule has 0 aromatic carbocycles. The molecule has 0 spiro atoms. The molecule has 3 aromatic heterocycles. The lowest BCUT2D eigenvalue weighted by Gasteiger charge is -2.07. The fourth-order valence-corrected chi connectivity index (χ4v) is 4.66. The van der Waals surface area contributed by atoms with Gasteiger partial charge in [-0.1, -0.05) is 20.8 Å². The lowest BCUT2D eigenvalue weighted by atomic mass is 10.3. The molecule has 11 nitrogen and oxygen atoms in total. The van der Waals surface area contributed by atoms with E-state index in [2.05, 4.69) is 55.9 Å². The zero-order chi connectivity index (χ0) is 29.3. The summed E-state index contributed by atoms with van der Waals surface area (Å²) in [4.78, 5) is 29.8. The molecule has 1 aliphatic rings. The van der Waals surface area contributed by atoms with E-state index >= 15 is 0 Å². The van der Waals surface area contributed by atoms with Crippen LogP contribution in [0.5, 0.6) is 5.88 Å². The summed E-state index contributed by atoms with van der Waals surface area (Å²) in [6, 6.07) is 3.41. The Kier molecular flexibility index (Phi) is 16.0. The highest BCUT2D eigenvalue weighted by molar-refractivity contribution is 7.93. The molecule has 3 aromatic rings. The van der Waals surface area contributed by atoms with Gasteiger partial charge in [0.1, 0.15) is 5.69 Å². The van der Waals surface area contributed by atoms with Crippen LogP contribution in [0.4, 0.5) is 5.69 Å². The van der Waals surface area contributed by atoms with E-state index in [-0.39, 0.29) is 5.25 Å². The van der Waals surface area contributed by atoms with Crippen molar-refractivity contribution < 1.29 is 17.9 Å². The number of aromatic nitrogens is 4. The number of rotatable bonds is 10. The van der Waals surface area contributed by atoms with Gasteiger partial charge in [-0.25, -0.2) is 18.4 Å². The van der Waals surface area contributed by atoms with Crippen LogP contribution < -0.4 is 14.8 Å². The summed E-state index contributed by atoms with van der Waals surface area (Å²) < 4.78 is 31.2. The molecule has 0 aliphatic heterocycles. The minimum atomic E-state index is -3.17. The van der Waals surface area contributed by atoms with Crippen LogP contribution in [0.25, 0.3) is 10.6 Å². The SMILES string of the molecule is CC.CCN(C)C.CCOc1cncc(-c2cnc(C=O)s2)n1.CNCc1cc(NS(=O)(=O)C2CC2)ccn1. The molecule has 1 fully saturated rings. The first kappa shape index (κ1) is 34.0. The summed E-state index contributed by atoms with van der Waals surface area (Å²) in [5, 5.41) is 3.20. The van der Waals surface area contributed by atoms with E-state index in [9.17, 15) is 13.2 Å². The van der Waals surface area contributed by atoms with Gasteiger partial charge in [0, 0.05) is 18.9 Å². The molecule has 2 N–H and O–H groups in total. The fraction of sp³-hybridized carbons (Fsp3) is 0.500. The molecule has 0 unspecified atom stereocenters.